The molecule has 1 aliphatic rings. The molecule has 3 aromatic carbocycles. The first-order chi connectivity index (χ1) is 15.3. The number of hydrogen-bond acceptors (Lipinski definition) is 1. The number of fused-ring (bicyclic) bond motifs is 10. The Morgan fingerprint density at radius 2 is 1.23 bits per heavy atom. The van der Waals surface area contributed by atoms with Crippen LogP contribution in [0.4, 0.5) is 0 Å². The lowest BCUT2D eigenvalue weighted by atomic mass is 10.0. The Balaban J connectivity index is 1.81. The summed E-state index contributed by atoms with van der Waals surface area (Å²) >= 11 is 0. The maximum absolute atomic E-state index is 10.9. The average Bonchev–Trinajstić information content (AvgIpc) is 3.53. The van der Waals surface area contributed by atoms with Crippen molar-refractivity contribution < 1.29 is 5.11 Å². The van der Waals surface area contributed by atoms with Gasteiger partial charge in [-0.15, -0.1) is 0 Å². The van der Waals surface area contributed by atoms with E-state index in [1.165, 1.54) is 49.4 Å². The molecule has 0 unspecified atom stereocenters. The van der Waals surface area contributed by atoms with E-state index >= 15 is 0 Å². The molecule has 5 heterocycles. The zero-order valence-electron chi connectivity index (χ0n) is 16.6. The van der Waals surface area contributed by atoms with Crippen LogP contribution in [0.15, 0.2) is 67.1 Å². The second-order valence-electron chi connectivity index (χ2n) is 8.59. The SMILES string of the molecule is Oc1[nH]cc2c1c1c3ccccc3n3c1c1c2c2ccccc2n1Cc1c[nH]cc1C3. The van der Waals surface area contributed by atoms with E-state index in [1.54, 1.807) is 0 Å². The van der Waals surface area contributed by atoms with Gasteiger partial charge in [0.1, 0.15) is 0 Å². The van der Waals surface area contributed by atoms with Crippen LogP contribution >= 0.6 is 0 Å². The molecule has 0 fully saturated rings. The Hall–Kier alpha value is -4.12. The fraction of sp³-hybridized carbons (Fsp3) is 0.0769. The van der Waals surface area contributed by atoms with Crippen molar-refractivity contribution in [2.24, 2.45) is 0 Å². The predicted octanol–water partition coefficient (Wildman–Crippen LogP) is 5.83. The van der Waals surface area contributed by atoms with Crippen molar-refractivity contribution in [3.63, 3.8) is 0 Å². The number of H-pyrrole nitrogens is 2. The van der Waals surface area contributed by atoms with E-state index in [1.807, 2.05) is 6.20 Å². The molecule has 31 heavy (non-hydrogen) atoms. The van der Waals surface area contributed by atoms with Crippen LogP contribution in [0.3, 0.4) is 0 Å². The van der Waals surface area contributed by atoms with Gasteiger partial charge in [-0.1, -0.05) is 36.4 Å². The fourth-order valence-corrected chi connectivity index (χ4v) is 5.88. The van der Waals surface area contributed by atoms with Gasteiger partial charge in [0.15, 0.2) is 5.88 Å². The summed E-state index contributed by atoms with van der Waals surface area (Å²) in [5.41, 5.74) is 7.47. The van der Waals surface area contributed by atoms with Crippen LogP contribution in [-0.2, 0) is 13.1 Å². The average molecular weight is 402 g/mol. The van der Waals surface area contributed by atoms with Gasteiger partial charge >= 0.3 is 0 Å². The third kappa shape index (κ3) is 1.71. The van der Waals surface area contributed by atoms with E-state index in [0.29, 0.717) is 0 Å². The van der Waals surface area contributed by atoms with Gasteiger partial charge in [0.05, 0.1) is 29.5 Å². The van der Waals surface area contributed by atoms with Gasteiger partial charge in [-0.2, -0.15) is 0 Å². The fourth-order valence-electron chi connectivity index (χ4n) is 5.88. The normalized spacial score (nSPS) is 13.7. The first kappa shape index (κ1) is 15.7. The second-order valence-corrected chi connectivity index (χ2v) is 8.59. The predicted molar refractivity (Wildman–Crippen MR) is 125 cm³/mol. The number of rotatable bonds is 0. The van der Waals surface area contributed by atoms with Crippen LogP contribution in [0, 0.1) is 0 Å². The zero-order valence-corrected chi connectivity index (χ0v) is 16.6. The van der Waals surface area contributed by atoms with E-state index in [0.717, 1.165) is 29.2 Å². The first-order valence-corrected chi connectivity index (χ1v) is 10.6. The molecule has 0 saturated heterocycles. The van der Waals surface area contributed by atoms with Crippen LogP contribution in [0.5, 0.6) is 5.88 Å². The van der Waals surface area contributed by atoms with Gasteiger partial charge in [-0.3, -0.25) is 0 Å². The molecule has 0 radical (unpaired) electrons. The lowest BCUT2D eigenvalue weighted by Crippen LogP contribution is -2.09. The first-order valence-electron chi connectivity index (χ1n) is 10.6. The molecule has 0 amide bonds. The summed E-state index contributed by atoms with van der Waals surface area (Å²) in [6, 6.07) is 17.2. The van der Waals surface area contributed by atoms with Gasteiger partial charge in [-0.05, 0) is 23.3 Å². The van der Waals surface area contributed by atoms with Gasteiger partial charge in [0, 0.05) is 56.6 Å². The highest BCUT2D eigenvalue weighted by molar-refractivity contribution is 6.36. The number of para-hydroxylation sites is 2. The lowest BCUT2D eigenvalue weighted by molar-refractivity contribution is 0.463. The Morgan fingerprint density at radius 1 is 0.645 bits per heavy atom. The van der Waals surface area contributed by atoms with Gasteiger partial charge < -0.3 is 24.2 Å². The van der Waals surface area contributed by atoms with Crippen molar-refractivity contribution in [3.05, 3.63) is 78.2 Å². The maximum atomic E-state index is 10.9. The number of aromatic amines is 2. The Morgan fingerprint density at radius 3 is 1.90 bits per heavy atom. The van der Waals surface area contributed by atoms with E-state index in [4.69, 9.17) is 0 Å². The molecule has 0 spiro atoms. The number of hydrogen-bond donors (Lipinski definition) is 3. The molecule has 5 nitrogen and oxygen atoms in total. The number of aromatic hydroxyl groups is 1. The summed E-state index contributed by atoms with van der Waals surface area (Å²) in [6.45, 7) is 1.62. The standard InChI is InChI=1S/C26H18N4O/c31-26-23-18(11-28-26)21-16-5-1-3-7-19(16)29-12-14-9-27-10-15(14)13-30-20-8-4-2-6-17(20)22(23)25(30)24(21)29/h1-11,27-28,31H,12-13H2. The van der Waals surface area contributed by atoms with Crippen molar-refractivity contribution in [1.82, 2.24) is 19.1 Å². The number of nitrogens with zero attached hydrogens (tertiary/aromatic N) is 2. The maximum Gasteiger partial charge on any atom is 0.197 e. The number of benzene rings is 3. The van der Waals surface area contributed by atoms with Gasteiger partial charge in [-0.25, -0.2) is 0 Å². The molecule has 7 aromatic rings. The smallest absolute Gasteiger partial charge is 0.197 e. The molecular weight excluding hydrogens is 384 g/mol. The van der Waals surface area contributed by atoms with Crippen LogP contribution in [0.1, 0.15) is 11.1 Å². The van der Waals surface area contributed by atoms with Crippen molar-refractivity contribution in [1.29, 1.82) is 0 Å². The topological polar surface area (TPSA) is 61.7 Å². The summed E-state index contributed by atoms with van der Waals surface area (Å²) in [5, 5.41) is 17.6. The molecular formula is C26H18N4O. The van der Waals surface area contributed by atoms with E-state index in [-0.39, 0.29) is 5.88 Å². The van der Waals surface area contributed by atoms with Crippen molar-refractivity contribution in [3.8, 4) is 5.88 Å². The van der Waals surface area contributed by atoms with Crippen LogP contribution in [0.25, 0.3) is 54.4 Å². The molecule has 0 saturated carbocycles. The molecule has 3 N–H and O–H groups in total. The highest BCUT2D eigenvalue weighted by Crippen LogP contribution is 2.47. The minimum Gasteiger partial charge on any atom is -0.494 e. The largest absolute Gasteiger partial charge is 0.494 e. The molecule has 1 aliphatic heterocycles. The van der Waals surface area contributed by atoms with Crippen molar-refractivity contribution in [2.75, 3.05) is 0 Å². The van der Waals surface area contributed by atoms with E-state index < -0.39 is 0 Å². The van der Waals surface area contributed by atoms with E-state index in [2.05, 4.69) is 80.0 Å². The van der Waals surface area contributed by atoms with Crippen LogP contribution in [0.2, 0.25) is 0 Å². The molecule has 0 atom stereocenters. The summed E-state index contributed by atoms with van der Waals surface area (Å²) in [5.74, 6) is 0.237. The van der Waals surface area contributed by atoms with Gasteiger partial charge in [0.25, 0.3) is 0 Å². The summed E-state index contributed by atoms with van der Waals surface area (Å²) in [6.07, 6.45) is 6.21. The summed E-state index contributed by atoms with van der Waals surface area (Å²) < 4.78 is 4.89. The molecule has 5 heteroatoms. The lowest BCUT2D eigenvalue weighted by Gasteiger charge is -2.17. The highest BCUT2D eigenvalue weighted by Gasteiger charge is 2.27. The minimum absolute atomic E-state index is 0.237. The van der Waals surface area contributed by atoms with Gasteiger partial charge in [0.2, 0.25) is 0 Å². The summed E-state index contributed by atoms with van der Waals surface area (Å²) in [4.78, 5) is 6.44. The third-order valence-electron chi connectivity index (χ3n) is 7.13. The highest BCUT2D eigenvalue weighted by atomic mass is 16.3. The number of nitrogens with one attached hydrogen (secondary N) is 2. The van der Waals surface area contributed by atoms with Crippen molar-refractivity contribution >= 4 is 54.4 Å². The molecule has 0 aliphatic carbocycles. The quantitative estimate of drug-likeness (QED) is 0.294. The molecule has 4 aromatic heterocycles. The number of aromatic nitrogens is 4. The Kier molecular flexibility index (Phi) is 2.60. The Bertz CT molecular complexity index is 1860. The zero-order chi connectivity index (χ0) is 20.3. The summed E-state index contributed by atoms with van der Waals surface area (Å²) in [7, 11) is 0. The van der Waals surface area contributed by atoms with Crippen molar-refractivity contribution in [2.45, 2.75) is 13.1 Å². The van der Waals surface area contributed by atoms with Crippen LogP contribution in [-0.4, -0.2) is 24.2 Å². The third-order valence-corrected chi connectivity index (χ3v) is 7.13. The van der Waals surface area contributed by atoms with Crippen LogP contribution < -0.4 is 0 Å². The second kappa shape index (κ2) is 5.13. The molecule has 8 rings (SSSR count). The minimum atomic E-state index is 0.237. The van der Waals surface area contributed by atoms with E-state index in [9.17, 15) is 5.11 Å². The Labute approximate surface area is 176 Å². The molecule has 148 valence electrons. The monoisotopic (exact) mass is 402 g/mol. The molecule has 0 bridgehead atoms.